The number of carbonyl (C=O) groups is 1. The molecule has 0 aliphatic carbocycles. The molecule has 0 radical (unpaired) electrons. The lowest BCUT2D eigenvalue weighted by Gasteiger charge is -2.39. The summed E-state index contributed by atoms with van der Waals surface area (Å²) in [5, 5.41) is 0.629. The molecule has 1 saturated heterocycles. The second kappa shape index (κ2) is 9.02. The standard InChI is InChI=1S/C24H29ClN6O2/c1-16-17(2)31(15-26-16)22-14-21(27-18(3)28-22)29-10-12-30(13-11-29)23(32)24(4,5)33-20-8-6-19(25)7-9-20/h6-9,14-15H,10-13H2,1-5H3. The molecule has 0 atom stereocenters. The molecule has 1 amide bonds. The summed E-state index contributed by atoms with van der Waals surface area (Å²) in [5.74, 6) is 2.93. The van der Waals surface area contributed by atoms with Crippen molar-refractivity contribution in [1.29, 1.82) is 0 Å². The Morgan fingerprint density at radius 3 is 2.24 bits per heavy atom. The van der Waals surface area contributed by atoms with Crippen molar-refractivity contribution in [3.8, 4) is 11.6 Å². The molecular weight excluding hydrogens is 440 g/mol. The van der Waals surface area contributed by atoms with Crippen LogP contribution in [0.3, 0.4) is 0 Å². The highest BCUT2D eigenvalue weighted by Gasteiger charge is 2.36. The molecule has 1 fully saturated rings. The number of anilines is 1. The van der Waals surface area contributed by atoms with Gasteiger partial charge in [-0.15, -0.1) is 0 Å². The molecule has 0 N–H and O–H groups in total. The zero-order chi connectivity index (χ0) is 23.8. The Labute approximate surface area is 199 Å². The van der Waals surface area contributed by atoms with E-state index >= 15 is 0 Å². The Morgan fingerprint density at radius 2 is 1.64 bits per heavy atom. The quantitative estimate of drug-likeness (QED) is 0.567. The monoisotopic (exact) mass is 468 g/mol. The van der Waals surface area contributed by atoms with E-state index in [1.807, 2.05) is 36.3 Å². The molecule has 1 aliphatic rings. The number of nitrogens with zero attached hydrogens (tertiary/aromatic N) is 6. The molecule has 0 unspecified atom stereocenters. The van der Waals surface area contributed by atoms with Crippen molar-refractivity contribution in [1.82, 2.24) is 24.4 Å². The van der Waals surface area contributed by atoms with Crippen molar-refractivity contribution in [3.05, 3.63) is 58.9 Å². The summed E-state index contributed by atoms with van der Waals surface area (Å²) in [4.78, 5) is 30.8. The number of aromatic nitrogens is 4. The Bertz CT molecular complexity index is 1150. The van der Waals surface area contributed by atoms with Gasteiger partial charge in [0.1, 0.15) is 29.5 Å². The average molecular weight is 469 g/mol. The largest absolute Gasteiger partial charge is 0.478 e. The summed E-state index contributed by atoms with van der Waals surface area (Å²) in [7, 11) is 0. The number of hydrogen-bond acceptors (Lipinski definition) is 6. The summed E-state index contributed by atoms with van der Waals surface area (Å²) in [6.07, 6.45) is 1.79. The highest BCUT2D eigenvalue weighted by atomic mass is 35.5. The van der Waals surface area contributed by atoms with E-state index in [0.717, 1.165) is 23.0 Å². The van der Waals surface area contributed by atoms with E-state index in [0.29, 0.717) is 42.8 Å². The number of amides is 1. The van der Waals surface area contributed by atoms with E-state index in [2.05, 4.69) is 19.9 Å². The van der Waals surface area contributed by atoms with Crippen molar-refractivity contribution < 1.29 is 9.53 Å². The van der Waals surface area contributed by atoms with E-state index < -0.39 is 5.60 Å². The van der Waals surface area contributed by atoms with Crippen molar-refractivity contribution in [2.45, 2.75) is 40.2 Å². The number of aryl methyl sites for hydroxylation is 2. The fraction of sp³-hybridized carbons (Fsp3) is 0.417. The van der Waals surface area contributed by atoms with Gasteiger partial charge < -0.3 is 14.5 Å². The first-order chi connectivity index (χ1) is 15.6. The van der Waals surface area contributed by atoms with Crippen molar-refractivity contribution in [2.24, 2.45) is 0 Å². The molecule has 8 nitrogen and oxygen atoms in total. The zero-order valence-electron chi connectivity index (χ0n) is 19.7. The van der Waals surface area contributed by atoms with Crippen LogP contribution in [0, 0.1) is 20.8 Å². The lowest BCUT2D eigenvalue weighted by molar-refractivity contribution is -0.145. The third-order valence-electron chi connectivity index (χ3n) is 5.90. The number of halogens is 1. The van der Waals surface area contributed by atoms with Crippen LogP contribution in [0.25, 0.3) is 5.82 Å². The molecule has 9 heteroatoms. The van der Waals surface area contributed by atoms with Gasteiger partial charge in [0.05, 0.1) is 5.69 Å². The first kappa shape index (κ1) is 23.0. The van der Waals surface area contributed by atoms with E-state index in [4.69, 9.17) is 16.3 Å². The van der Waals surface area contributed by atoms with Crippen LogP contribution in [0.4, 0.5) is 5.82 Å². The van der Waals surface area contributed by atoms with Crippen LogP contribution in [0.15, 0.2) is 36.7 Å². The molecular formula is C24H29ClN6O2. The third-order valence-corrected chi connectivity index (χ3v) is 6.15. The fourth-order valence-electron chi connectivity index (χ4n) is 3.91. The average Bonchev–Trinajstić information content (AvgIpc) is 3.12. The minimum absolute atomic E-state index is 0.0406. The van der Waals surface area contributed by atoms with Gasteiger partial charge in [0.25, 0.3) is 5.91 Å². The molecule has 174 valence electrons. The van der Waals surface area contributed by atoms with Crippen molar-refractivity contribution in [3.63, 3.8) is 0 Å². The minimum Gasteiger partial charge on any atom is -0.478 e. The molecule has 0 saturated carbocycles. The van der Waals surface area contributed by atoms with Gasteiger partial charge in [-0.05, 0) is 58.9 Å². The second-order valence-electron chi connectivity index (χ2n) is 8.76. The fourth-order valence-corrected chi connectivity index (χ4v) is 4.04. The number of ether oxygens (including phenoxy) is 1. The van der Waals surface area contributed by atoms with Gasteiger partial charge in [-0.2, -0.15) is 0 Å². The van der Waals surface area contributed by atoms with Crippen LogP contribution in [0.1, 0.15) is 31.1 Å². The predicted molar refractivity (Wildman–Crippen MR) is 128 cm³/mol. The summed E-state index contributed by atoms with van der Waals surface area (Å²) in [6.45, 7) is 12.0. The van der Waals surface area contributed by atoms with Gasteiger partial charge in [0.15, 0.2) is 5.60 Å². The molecule has 0 spiro atoms. The third kappa shape index (κ3) is 4.95. The Morgan fingerprint density at radius 1 is 1.00 bits per heavy atom. The topological polar surface area (TPSA) is 76.4 Å². The maximum Gasteiger partial charge on any atom is 0.266 e. The number of hydrogen-bond donors (Lipinski definition) is 0. The Kier molecular flexibility index (Phi) is 6.30. The molecule has 4 rings (SSSR count). The highest BCUT2D eigenvalue weighted by molar-refractivity contribution is 6.30. The minimum atomic E-state index is -0.981. The van der Waals surface area contributed by atoms with Crippen LogP contribution in [-0.2, 0) is 4.79 Å². The first-order valence-corrected chi connectivity index (χ1v) is 11.4. The normalized spacial score (nSPS) is 14.5. The van der Waals surface area contributed by atoms with E-state index in [9.17, 15) is 4.79 Å². The van der Waals surface area contributed by atoms with Crippen molar-refractivity contribution in [2.75, 3.05) is 31.1 Å². The second-order valence-corrected chi connectivity index (χ2v) is 9.20. The maximum absolute atomic E-state index is 13.2. The summed E-state index contributed by atoms with van der Waals surface area (Å²) < 4.78 is 7.96. The molecule has 2 aromatic heterocycles. The van der Waals surface area contributed by atoms with Crippen LogP contribution in [0.5, 0.6) is 5.75 Å². The number of imidazole rings is 1. The summed E-state index contributed by atoms with van der Waals surface area (Å²) in [5.41, 5.74) is 1.05. The van der Waals surface area contributed by atoms with Crippen LogP contribution in [-0.4, -0.2) is 62.1 Å². The van der Waals surface area contributed by atoms with Gasteiger partial charge in [-0.3, -0.25) is 9.36 Å². The summed E-state index contributed by atoms with van der Waals surface area (Å²) in [6, 6.07) is 9.02. The van der Waals surface area contributed by atoms with E-state index in [-0.39, 0.29) is 5.91 Å². The lowest BCUT2D eigenvalue weighted by Crippen LogP contribution is -2.56. The van der Waals surface area contributed by atoms with Crippen molar-refractivity contribution >= 4 is 23.3 Å². The smallest absolute Gasteiger partial charge is 0.266 e. The first-order valence-electron chi connectivity index (χ1n) is 11.0. The molecule has 1 aromatic carbocycles. The number of rotatable bonds is 5. The van der Waals surface area contributed by atoms with E-state index in [1.54, 1.807) is 44.4 Å². The number of benzene rings is 1. The van der Waals surface area contributed by atoms with Gasteiger partial charge in [-0.25, -0.2) is 15.0 Å². The van der Waals surface area contributed by atoms with E-state index in [1.165, 1.54) is 0 Å². The van der Waals surface area contributed by atoms with Gasteiger partial charge in [0.2, 0.25) is 0 Å². The Hall–Kier alpha value is -3.13. The molecule has 33 heavy (non-hydrogen) atoms. The zero-order valence-corrected chi connectivity index (χ0v) is 20.4. The predicted octanol–water partition coefficient (Wildman–Crippen LogP) is 3.75. The number of piperazine rings is 1. The lowest BCUT2D eigenvalue weighted by atomic mass is 10.1. The van der Waals surface area contributed by atoms with Gasteiger partial charge in [0, 0.05) is 43.0 Å². The van der Waals surface area contributed by atoms with Crippen LogP contribution >= 0.6 is 11.6 Å². The molecule has 3 heterocycles. The van der Waals surface area contributed by atoms with Gasteiger partial charge >= 0.3 is 0 Å². The van der Waals surface area contributed by atoms with Crippen LogP contribution in [0.2, 0.25) is 5.02 Å². The molecule has 1 aliphatic heterocycles. The summed E-state index contributed by atoms with van der Waals surface area (Å²) >= 11 is 5.95. The van der Waals surface area contributed by atoms with Gasteiger partial charge in [-0.1, -0.05) is 11.6 Å². The SMILES string of the molecule is Cc1nc(N2CCN(C(=O)C(C)(C)Oc3ccc(Cl)cc3)CC2)cc(-n2cnc(C)c2C)n1. The molecule has 3 aromatic rings. The number of carbonyl (C=O) groups excluding carboxylic acids is 1. The van der Waals surface area contributed by atoms with Crippen LogP contribution < -0.4 is 9.64 Å². The molecule has 0 bridgehead atoms. The highest BCUT2D eigenvalue weighted by Crippen LogP contribution is 2.24. The Balaban J connectivity index is 1.44. The maximum atomic E-state index is 13.2.